The van der Waals surface area contributed by atoms with E-state index < -0.39 is 5.60 Å². The molecule has 1 aromatic carbocycles. The van der Waals surface area contributed by atoms with Gasteiger partial charge in [0.25, 0.3) is 0 Å². The van der Waals surface area contributed by atoms with Crippen LogP contribution in [0.4, 0.5) is 14.9 Å². The number of hydrogen-bond donors (Lipinski definition) is 1. The summed E-state index contributed by atoms with van der Waals surface area (Å²) in [5, 5.41) is 3.39. The smallest absolute Gasteiger partial charge is 0.410 e. The zero-order chi connectivity index (χ0) is 17.0. The monoisotopic (exact) mass is 322 g/mol. The average molecular weight is 322 g/mol. The molecule has 0 radical (unpaired) electrons. The minimum Gasteiger partial charge on any atom is -0.444 e. The van der Waals surface area contributed by atoms with Crippen molar-refractivity contribution >= 4 is 11.8 Å². The fourth-order valence-electron chi connectivity index (χ4n) is 2.81. The van der Waals surface area contributed by atoms with Crippen LogP contribution >= 0.6 is 0 Å². The zero-order valence-electron chi connectivity index (χ0n) is 14.5. The maximum Gasteiger partial charge on any atom is 0.410 e. The summed E-state index contributed by atoms with van der Waals surface area (Å²) < 4.78 is 18.9. The third-order valence-corrected chi connectivity index (χ3v) is 3.79. The number of hydrogen-bond acceptors (Lipinski definition) is 3. The standard InChI is InChI=1S/C18H27FN2O2/c1-13-10-14(19)12-16(11-13)20-15-6-5-8-21(9-7-15)17(22)23-18(2,3)4/h10-12,15,20H,5-9H2,1-4H3. The van der Waals surface area contributed by atoms with Gasteiger partial charge in [0.15, 0.2) is 0 Å². The number of amides is 1. The molecule has 4 nitrogen and oxygen atoms in total. The molecule has 1 aliphatic heterocycles. The number of carbonyl (C=O) groups is 1. The van der Waals surface area contributed by atoms with Crippen LogP contribution < -0.4 is 5.32 Å². The van der Waals surface area contributed by atoms with Crippen LogP contribution in [-0.2, 0) is 4.74 Å². The van der Waals surface area contributed by atoms with Gasteiger partial charge in [-0.05, 0) is 70.7 Å². The van der Waals surface area contributed by atoms with E-state index >= 15 is 0 Å². The first-order chi connectivity index (χ1) is 10.7. The average Bonchev–Trinajstić information content (AvgIpc) is 2.61. The highest BCUT2D eigenvalue weighted by atomic mass is 19.1. The van der Waals surface area contributed by atoms with Gasteiger partial charge in [0.2, 0.25) is 0 Å². The molecule has 1 heterocycles. The molecule has 0 bridgehead atoms. The van der Waals surface area contributed by atoms with Crippen LogP contribution in [-0.4, -0.2) is 35.7 Å². The molecule has 1 aliphatic rings. The largest absolute Gasteiger partial charge is 0.444 e. The lowest BCUT2D eigenvalue weighted by Crippen LogP contribution is -2.37. The molecule has 0 spiro atoms. The molecule has 1 unspecified atom stereocenters. The van der Waals surface area contributed by atoms with Crippen molar-refractivity contribution < 1.29 is 13.9 Å². The zero-order valence-corrected chi connectivity index (χ0v) is 14.5. The van der Waals surface area contributed by atoms with Crippen LogP contribution in [0.2, 0.25) is 0 Å². The van der Waals surface area contributed by atoms with E-state index in [-0.39, 0.29) is 18.0 Å². The second-order valence-electron chi connectivity index (χ2n) is 7.26. The lowest BCUT2D eigenvalue weighted by atomic mass is 10.1. The Balaban J connectivity index is 1.92. The fourth-order valence-corrected chi connectivity index (χ4v) is 2.81. The number of anilines is 1. The normalized spacial score (nSPS) is 19.2. The molecule has 128 valence electrons. The Kier molecular flexibility index (Phi) is 5.50. The molecule has 0 aromatic heterocycles. The van der Waals surface area contributed by atoms with Crippen molar-refractivity contribution in [3.05, 3.63) is 29.6 Å². The van der Waals surface area contributed by atoms with Crippen molar-refractivity contribution in [3.8, 4) is 0 Å². The van der Waals surface area contributed by atoms with Crippen LogP contribution in [0.5, 0.6) is 0 Å². The molecule has 2 rings (SSSR count). The van der Waals surface area contributed by atoms with Gasteiger partial charge >= 0.3 is 6.09 Å². The molecular formula is C18H27FN2O2. The fraction of sp³-hybridized carbons (Fsp3) is 0.611. The molecule has 1 aromatic rings. The van der Waals surface area contributed by atoms with Crippen LogP contribution in [0.3, 0.4) is 0 Å². The van der Waals surface area contributed by atoms with Gasteiger partial charge in [-0.25, -0.2) is 9.18 Å². The minimum atomic E-state index is -0.472. The van der Waals surface area contributed by atoms with E-state index in [1.54, 1.807) is 4.90 Å². The first-order valence-electron chi connectivity index (χ1n) is 8.24. The maximum atomic E-state index is 13.5. The predicted molar refractivity (Wildman–Crippen MR) is 90.2 cm³/mol. The number of nitrogens with zero attached hydrogens (tertiary/aromatic N) is 1. The van der Waals surface area contributed by atoms with Crippen molar-refractivity contribution in [2.45, 2.75) is 58.6 Å². The summed E-state index contributed by atoms with van der Waals surface area (Å²) in [7, 11) is 0. The lowest BCUT2D eigenvalue weighted by Gasteiger charge is -2.26. The van der Waals surface area contributed by atoms with Crippen molar-refractivity contribution in [1.29, 1.82) is 0 Å². The molecule has 1 saturated heterocycles. The highest BCUT2D eigenvalue weighted by molar-refractivity contribution is 5.68. The van der Waals surface area contributed by atoms with Gasteiger partial charge in [-0.15, -0.1) is 0 Å². The number of halogens is 1. The van der Waals surface area contributed by atoms with Crippen LogP contribution in [0.15, 0.2) is 18.2 Å². The van der Waals surface area contributed by atoms with Gasteiger partial charge in [-0.1, -0.05) is 0 Å². The van der Waals surface area contributed by atoms with Crippen molar-refractivity contribution in [3.63, 3.8) is 0 Å². The Hall–Kier alpha value is -1.78. The first kappa shape index (κ1) is 17.6. The number of ether oxygens (including phenoxy) is 1. The van der Waals surface area contributed by atoms with E-state index in [0.29, 0.717) is 13.1 Å². The van der Waals surface area contributed by atoms with E-state index in [9.17, 15) is 9.18 Å². The quantitative estimate of drug-likeness (QED) is 0.881. The SMILES string of the molecule is Cc1cc(F)cc(NC2CCCN(C(=O)OC(C)(C)C)CC2)c1. The van der Waals surface area contributed by atoms with Crippen molar-refractivity contribution in [1.82, 2.24) is 4.90 Å². The maximum absolute atomic E-state index is 13.5. The molecule has 1 atom stereocenters. The first-order valence-corrected chi connectivity index (χ1v) is 8.24. The Morgan fingerprint density at radius 3 is 2.65 bits per heavy atom. The topological polar surface area (TPSA) is 41.6 Å². The van der Waals surface area contributed by atoms with Gasteiger partial charge in [-0.2, -0.15) is 0 Å². The van der Waals surface area contributed by atoms with Crippen molar-refractivity contribution in [2.75, 3.05) is 18.4 Å². The number of rotatable bonds is 2. The van der Waals surface area contributed by atoms with Crippen molar-refractivity contribution in [2.24, 2.45) is 0 Å². The Morgan fingerprint density at radius 1 is 1.26 bits per heavy atom. The molecule has 0 saturated carbocycles. The van der Waals surface area contributed by atoms with Gasteiger partial charge in [0.1, 0.15) is 11.4 Å². The third-order valence-electron chi connectivity index (χ3n) is 3.79. The molecule has 1 amide bonds. The highest BCUT2D eigenvalue weighted by Crippen LogP contribution is 2.20. The van der Waals surface area contributed by atoms with Crippen LogP contribution in [0, 0.1) is 12.7 Å². The number of carbonyl (C=O) groups excluding carboxylic acids is 1. The molecule has 1 fully saturated rings. The van der Waals surface area contributed by atoms with E-state index in [4.69, 9.17) is 4.74 Å². The second-order valence-corrected chi connectivity index (χ2v) is 7.26. The van der Waals surface area contributed by atoms with Gasteiger partial charge in [0.05, 0.1) is 0 Å². The molecule has 0 aliphatic carbocycles. The minimum absolute atomic E-state index is 0.225. The third kappa shape index (κ3) is 5.73. The van der Waals surface area contributed by atoms with Gasteiger partial charge < -0.3 is 15.0 Å². The molecule has 1 N–H and O–H groups in total. The summed E-state index contributed by atoms with van der Waals surface area (Å²) in [4.78, 5) is 13.9. The number of aryl methyl sites for hydroxylation is 1. The van der Waals surface area contributed by atoms with Gasteiger partial charge in [-0.3, -0.25) is 0 Å². The van der Waals surface area contributed by atoms with E-state index in [2.05, 4.69) is 5.32 Å². The second kappa shape index (κ2) is 7.20. The molecule has 5 heteroatoms. The van der Waals surface area contributed by atoms with E-state index in [1.165, 1.54) is 12.1 Å². The summed E-state index contributed by atoms with van der Waals surface area (Å²) in [6, 6.07) is 5.22. The van der Waals surface area contributed by atoms with E-state index in [0.717, 1.165) is 30.5 Å². The predicted octanol–water partition coefficient (Wildman–Crippen LogP) is 4.34. The van der Waals surface area contributed by atoms with E-state index in [1.807, 2.05) is 33.8 Å². The summed E-state index contributed by atoms with van der Waals surface area (Å²) in [6.07, 6.45) is 2.44. The van der Waals surface area contributed by atoms with Gasteiger partial charge in [0, 0.05) is 24.8 Å². The number of nitrogens with one attached hydrogen (secondary N) is 1. The summed E-state index contributed by atoms with van der Waals surface area (Å²) in [6.45, 7) is 8.86. The Labute approximate surface area is 138 Å². The molecular weight excluding hydrogens is 295 g/mol. The van der Waals surface area contributed by atoms with Crippen LogP contribution in [0.25, 0.3) is 0 Å². The summed E-state index contributed by atoms with van der Waals surface area (Å²) >= 11 is 0. The number of likely N-dealkylation sites (tertiary alicyclic amines) is 1. The van der Waals surface area contributed by atoms with Crippen LogP contribution in [0.1, 0.15) is 45.6 Å². The lowest BCUT2D eigenvalue weighted by molar-refractivity contribution is 0.0256. The molecule has 23 heavy (non-hydrogen) atoms. The Morgan fingerprint density at radius 2 is 2.00 bits per heavy atom. The highest BCUT2D eigenvalue weighted by Gasteiger charge is 2.25. The number of benzene rings is 1. The summed E-state index contributed by atoms with van der Waals surface area (Å²) in [5.74, 6) is -0.225. The summed E-state index contributed by atoms with van der Waals surface area (Å²) in [5.41, 5.74) is 1.23. The Bertz CT molecular complexity index is 534.